The second-order valence-corrected chi connectivity index (χ2v) is 8.42. The van der Waals surface area contributed by atoms with Crippen LogP contribution in [0.25, 0.3) is 0 Å². The highest BCUT2D eigenvalue weighted by molar-refractivity contribution is 7.99. The van der Waals surface area contributed by atoms with Crippen LogP contribution in [0.2, 0.25) is 0 Å². The number of fused-ring (bicyclic) bond motifs is 1. The molecule has 1 N–H and O–H groups in total. The number of aryl methyl sites for hydroxylation is 2. The van der Waals surface area contributed by atoms with Gasteiger partial charge < -0.3 is 5.32 Å². The van der Waals surface area contributed by atoms with Crippen LogP contribution < -0.4 is 5.32 Å². The van der Waals surface area contributed by atoms with Crippen molar-refractivity contribution in [3.63, 3.8) is 0 Å². The number of hydrogen-bond donors (Lipinski definition) is 1. The molecule has 1 aliphatic heterocycles. The molecule has 0 aromatic heterocycles. The highest BCUT2D eigenvalue weighted by Crippen LogP contribution is 2.23. The lowest BCUT2D eigenvalue weighted by Gasteiger charge is -2.13. The number of hydrogen-bond acceptors (Lipinski definition) is 4. The molecule has 2 aromatic carbocycles. The summed E-state index contributed by atoms with van der Waals surface area (Å²) in [5.74, 6) is 1.38. The van der Waals surface area contributed by atoms with Gasteiger partial charge >= 0.3 is 0 Å². The van der Waals surface area contributed by atoms with E-state index in [0.717, 1.165) is 41.2 Å². The van der Waals surface area contributed by atoms with Gasteiger partial charge in [-0.3, -0.25) is 19.3 Å². The van der Waals surface area contributed by atoms with Crippen LogP contribution in [0.5, 0.6) is 0 Å². The van der Waals surface area contributed by atoms with Gasteiger partial charge in [0.1, 0.15) is 0 Å². The van der Waals surface area contributed by atoms with Crippen molar-refractivity contribution in [2.75, 3.05) is 23.4 Å². The van der Waals surface area contributed by atoms with Crippen LogP contribution in [0.1, 0.15) is 51.1 Å². The lowest BCUT2D eigenvalue weighted by molar-refractivity contribution is -0.116. The van der Waals surface area contributed by atoms with E-state index in [1.54, 1.807) is 36.0 Å². The first-order valence-electron chi connectivity index (χ1n) is 9.88. The van der Waals surface area contributed by atoms with Gasteiger partial charge in [-0.25, -0.2) is 0 Å². The van der Waals surface area contributed by atoms with Gasteiger partial charge in [0.2, 0.25) is 5.91 Å². The molecule has 0 bridgehead atoms. The molecule has 0 saturated heterocycles. The normalized spacial score (nSPS) is 13.0. The molecule has 0 aliphatic carbocycles. The number of thioether (sulfide) groups is 1. The monoisotopic (exact) mass is 410 g/mol. The first-order valence-corrected chi connectivity index (χ1v) is 11.0. The molecule has 29 heavy (non-hydrogen) atoms. The van der Waals surface area contributed by atoms with Crippen molar-refractivity contribution in [3.05, 3.63) is 64.7 Å². The number of carbonyl (C=O) groups is 3. The fourth-order valence-corrected chi connectivity index (χ4v) is 4.30. The first kappa shape index (κ1) is 21.1. The number of benzene rings is 2. The lowest BCUT2D eigenvalue weighted by atomic mass is 10.1. The van der Waals surface area contributed by atoms with Crippen molar-refractivity contribution in [1.82, 2.24) is 4.90 Å². The van der Waals surface area contributed by atoms with Crippen molar-refractivity contribution in [1.29, 1.82) is 0 Å². The van der Waals surface area contributed by atoms with E-state index in [0.29, 0.717) is 24.1 Å². The number of rotatable bonds is 9. The maximum Gasteiger partial charge on any atom is 0.261 e. The van der Waals surface area contributed by atoms with Crippen LogP contribution in [0, 0.1) is 13.8 Å². The number of nitrogens with zero attached hydrogens (tertiary/aromatic N) is 1. The van der Waals surface area contributed by atoms with Gasteiger partial charge in [0, 0.05) is 18.7 Å². The van der Waals surface area contributed by atoms with Crippen LogP contribution in [0.3, 0.4) is 0 Å². The summed E-state index contributed by atoms with van der Waals surface area (Å²) in [5.41, 5.74) is 4.05. The molecule has 0 unspecified atom stereocenters. The van der Waals surface area contributed by atoms with Crippen LogP contribution in [0.15, 0.2) is 42.5 Å². The number of anilines is 1. The molecule has 1 heterocycles. The molecule has 5 nitrogen and oxygen atoms in total. The Hall–Kier alpha value is -2.60. The molecule has 3 amide bonds. The fraction of sp³-hybridized carbons (Fsp3) is 0.348. The Kier molecular flexibility index (Phi) is 7.09. The average molecular weight is 411 g/mol. The van der Waals surface area contributed by atoms with E-state index >= 15 is 0 Å². The maximum atomic E-state index is 12.3. The zero-order valence-corrected chi connectivity index (χ0v) is 17.7. The predicted octanol–water partition coefficient (Wildman–Crippen LogP) is 4.44. The van der Waals surface area contributed by atoms with E-state index in [2.05, 4.69) is 5.32 Å². The summed E-state index contributed by atoms with van der Waals surface area (Å²) in [7, 11) is 0. The standard InChI is InChI=1S/C23H26N2O3S/c1-16-8-5-9-17(2)21(16)24-20(26)12-6-14-29-15-7-13-25-22(27)18-10-3-4-11-19(18)23(25)28/h3-5,8-11H,6-7,12-15H2,1-2H3,(H,24,26). The summed E-state index contributed by atoms with van der Waals surface area (Å²) in [6.45, 7) is 4.42. The van der Waals surface area contributed by atoms with Gasteiger partial charge in [0.05, 0.1) is 11.1 Å². The summed E-state index contributed by atoms with van der Waals surface area (Å²) >= 11 is 1.75. The van der Waals surface area contributed by atoms with E-state index in [9.17, 15) is 14.4 Å². The van der Waals surface area contributed by atoms with Gasteiger partial charge in [-0.05, 0) is 61.5 Å². The molecule has 0 spiro atoms. The predicted molar refractivity (Wildman–Crippen MR) is 118 cm³/mol. The van der Waals surface area contributed by atoms with Gasteiger partial charge in [-0.1, -0.05) is 30.3 Å². The van der Waals surface area contributed by atoms with Crippen LogP contribution in [0.4, 0.5) is 5.69 Å². The minimum Gasteiger partial charge on any atom is -0.326 e. The van der Waals surface area contributed by atoms with Gasteiger partial charge in [0.15, 0.2) is 0 Å². The van der Waals surface area contributed by atoms with E-state index < -0.39 is 0 Å². The maximum absolute atomic E-state index is 12.3. The highest BCUT2D eigenvalue weighted by atomic mass is 32.2. The number of nitrogens with one attached hydrogen (secondary N) is 1. The molecule has 2 aromatic rings. The summed E-state index contributed by atoms with van der Waals surface area (Å²) in [4.78, 5) is 38.1. The molecule has 1 aliphatic rings. The molecule has 0 atom stereocenters. The number of carbonyl (C=O) groups excluding carboxylic acids is 3. The number of para-hydroxylation sites is 1. The van der Waals surface area contributed by atoms with Crippen LogP contribution in [-0.4, -0.2) is 40.7 Å². The molecule has 0 radical (unpaired) electrons. The fourth-order valence-electron chi connectivity index (χ4n) is 3.42. The Morgan fingerprint density at radius 3 is 2.10 bits per heavy atom. The molecule has 152 valence electrons. The molecular weight excluding hydrogens is 384 g/mol. The summed E-state index contributed by atoms with van der Waals surface area (Å²) < 4.78 is 0. The van der Waals surface area contributed by atoms with Crippen molar-refractivity contribution < 1.29 is 14.4 Å². The summed E-state index contributed by atoms with van der Waals surface area (Å²) in [5, 5.41) is 3.01. The Labute approximate surface area is 175 Å². The van der Waals surface area contributed by atoms with Crippen molar-refractivity contribution in [2.45, 2.75) is 33.1 Å². The topological polar surface area (TPSA) is 66.5 Å². The zero-order chi connectivity index (χ0) is 20.8. The van der Waals surface area contributed by atoms with Crippen LogP contribution >= 0.6 is 11.8 Å². The molecular formula is C23H26N2O3S. The summed E-state index contributed by atoms with van der Waals surface area (Å²) in [6, 6.07) is 12.9. The van der Waals surface area contributed by atoms with Crippen molar-refractivity contribution in [3.8, 4) is 0 Å². The Bertz CT molecular complexity index is 871. The quantitative estimate of drug-likeness (QED) is 0.490. The number of imide groups is 1. The zero-order valence-electron chi connectivity index (χ0n) is 16.9. The highest BCUT2D eigenvalue weighted by Gasteiger charge is 2.34. The molecule has 6 heteroatoms. The Balaban J connectivity index is 1.31. The summed E-state index contributed by atoms with van der Waals surface area (Å²) in [6.07, 6.45) is 2.04. The second-order valence-electron chi connectivity index (χ2n) is 7.19. The van der Waals surface area contributed by atoms with Gasteiger partial charge in [-0.15, -0.1) is 0 Å². The Morgan fingerprint density at radius 1 is 0.897 bits per heavy atom. The van der Waals surface area contributed by atoms with E-state index in [4.69, 9.17) is 0 Å². The minimum atomic E-state index is -0.196. The van der Waals surface area contributed by atoms with Crippen LogP contribution in [-0.2, 0) is 4.79 Å². The van der Waals surface area contributed by atoms with Gasteiger partial charge in [-0.2, -0.15) is 11.8 Å². The van der Waals surface area contributed by atoms with E-state index in [1.807, 2.05) is 32.0 Å². The SMILES string of the molecule is Cc1cccc(C)c1NC(=O)CCCSCCCN1C(=O)c2ccccc2C1=O. The minimum absolute atomic E-state index is 0.0361. The van der Waals surface area contributed by atoms with Crippen molar-refractivity contribution in [2.24, 2.45) is 0 Å². The first-order chi connectivity index (χ1) is 14.0. The third kappa shape index (κ3) is 5.07. The molecule has 3 rings (SSSR count). The molecule has 0 fully saturated rings. The average Bonchev–Trinajstić information content (AvgIpc) is 2.95. The van der Waals surface area contributed by atoms with Crippen molar-refractivity contribution >= 4 is 35.2 Å². The smallest absolute Gasteiger partial charge is 0.261 e. The lowest BCUT2D eigenvalue weighted by Crippen LogP contribution is -2.31. The van der Waals surface area contributed by atoms with E-state index in [1.165, 1.54) is 4.90 Å². The number of amides is 3. The third-order valence-corrected chi connectivity index (χ3v) is 6.14. The third-order valence-electron chi connectivity index (χ3n) is 4.99. The Morgan fingerprint density at radius 2 is 1.48 bits per heavy atom. The molecule has 0 saturated carbocycles. The van der Waals surface area contributed by atoms with E-state index in [-0.39, 0.29) is 17.7 Å². The van der Waals surface area contributed by atoms with Gasteiger partial charge in [0.25, 0.3) is 11.8 Å². The largest absolute Gasteiger partial charge is 0.326 e. The second kappa shape index (κ2) is 9.74.